The van der Waals surface area contributed by atoms with Crippen LogP contribution in [-0.4, -0.2) is 50.7 Å². The fourth-order valence-corrected chi connectivity index (χ4v) is 3.23. The maximum Gasteiger partial charge on any atom is 0.154 e. The van der Waals surface area contributed by atoms with Crippen molar-refractivity contribution in [2.24, 2.45) is 0 Å². The first kappa shape index (κ1) is 15.8. The molecule has 0 unspecified atom stereocenters. The molecule has 0 N–H and O–H groups in total. The average molecular weight is 337 g/mol. The van der Waals surface area contributed by atoms with E-state index in [1.54, 1.807) is 6.33 Å². The summed E-state index contributed by atoms with van der Waals surface area (Å²) in [5.74, 6) is 2.03. The van der Waals surface area contributed by atoms with Crippen molar-refractivity contribution in [3.05, 3.63) is 41.6 Å². The summed E-state index contributed by atoms with van der Waals surface area (Å²) in [6, 6.07) is 6.21. The van der Waals surface area contributed by atoms with E-state index in [0.29, 0.717) is 0 Å². The summed E-state index contributed by atoms with van der Waals surface area (Å²) in [6.07, 6.45) is 2.60. The first-order valence-corrected chi connectivity index (χ1v) is 8.79. The van der Waals surface area contributed by atoms with Crippen molar-refractivity contribution in [1.82, 2.24) is 24.6 Å². The SMILES string of the molecule is CCc1cc(N2CCN(c3ccc4nc(C)c(C)n4n3)CC2)ncn1. The van der Waals surface area contributed by atoms with Crippen molar-refractivity contribution >= 4 is 17.3 Å². The summed E-state index contributed by atoms with van der Waals surface area (Å²) in [4.78, 5) is 17.9. The lowest BCUT2D eigenvalue weighted by atomic mass is 10.2. The van der Waals surface area contributed by atoms with Gasteiger partial charge in [-0.1, -0.05) is 6.92 Å². The third-order valence-electron chi connectivity index (χ3n) is 4.92. The van der Waals surface area contributed by atoms with E-state index in [-0.39, 0.29) is 0 Å². The predicted octanol–water partition coefficient (Wildman–Crippen LogP) is 2.03. The topological polar surface area (TPSA) is 62.5 Å². The van der Waals surface area contributed by atoms with Gasteiger partial charge in [-0.25, -0.2) is 19.5 Å². The van der Waals surface area contributed by atoms with E-state index in [1.807, 2.05) is 17.5 Å². The van der Waals surface area contributed by atoms with Crippen molar-refractivity contribution in [1.29, 1.82) is 0 Å². The lowest BCUT2D eigenvalue weighted by molar-refractivity contribution is 0.634. The molecule has 4 heterocycles. The molecule has 4 rings (SSSR count). The summed E-state index contributed by atoms with van der Waals surface area (Å²) in [7, 11) is 0. The minimum atomic E-state index is 0.908. The molecule has 1 aliphatic rings. The summed E-state index contributed by atoms with van der Waals surface area (Å²) in [6.45, 7) is 9.92. The minimum Gasteiger partial charge on any atom is -0.353 e. The van der Waals surface area contributed by atoms with Gasteiger partial charge in [0, 0.05) is 37.9 Å². The molecule has 25 heavy (non-hydrogen) atoms. The molecule has 1 aliphatic heterocycles. The molecular formula is C18H23N7. The average Bonchev–Trinajstić information content (AvgIpc) is 2.95. The van der Waals surface area contributed by atoms with Crippen LogP contribution in [0.2, 0.25) is 0 Å². The Morgan fingerprint density at radius 1 is 0.960 bits per heavy atom. The van der Waals surface area contributed by atoms with Crippen LogP contribution >= 0.6 is 0 Å². The van der Waals surface area contributed by atoms with Gasteiger partial charge in [0.05, 0.1) is 11.4 Å². The molecule has 3 aromatic rings. The fraction of sp³-hybridized carbons (Fsp3) is 0.444. The molecule has 130 valence electrons. The van der Waals surface area contributed by atoms with Crippen LogP contribution in [0, 0.1) is 13.8 Å². The lowest BCUT2D eigenvalue weighted by Crippen LogP contribution is -2.47. The summed E-state index contributed by atoms with van der Waals surface area (Å²) < 4.78 is 1.94. The van der Waals surface area contributed by atoms with Gasteiger partial charge < -0.3 is 9.80 Å². The normalized spacial score (nSPS) is 15.2. The number of hydrogen-bond acceptors (Lipinski definition) is 6. The Kier molecular flexibility index (Phi) is 3.99. The molecule has 1 saturated heterocycles. The molecule has 3 aromatic heterocycles. The maximum absolute atomic E-state index is 4.78. The van der Waals surface area contributed by atoms with E-state index in [1.165, 1.54) is 0 Å². The Morgan fingerprint density at radius 2 is 1.68 bits per heavy atom. The van der Waals surface area contributed by atoms with Gasteiger partial charge in [0.15, 0.2) is 5.65 Å². The van der Waals surface area contributed by atoms with Crippen LogP contribution in [0.4, 0.5) is 11.6 Å². The van der Waals surface area contributed by atoms with Gasteiger partial charge >= 0.3 is 0 Å². The minimum absolute atomic E-state index is 0.908. The second kappa shape index (κ2) is 6.31. The standard InChI is InChI=1S/C18H23N7/c1-4-15-11-18(20-12-19-15)24-9-7-23(8-10-24)17-6-5-16-21-13(2)14(3)25(16)22-17/h5-6,11-12H,4,7-10H2,1-3H3. The van der Waals surface area contributed by atoms with Crippen LogP contribution in [0.3, 0.4) is 0 Å². The van der Waals surface area contributed by atoms with Crippen molar-refractivity contribution < 1.29 is 0 Å². The van der Waals surface area contributed by atoms with E-state index in [0.717, 1.165) is 67.0 Å². The van der Waals surface area contributed by atoms with Gasteiger partial charge in [-0.3, -0.25) is 0 Å². The largest absolute Gasteiger partial charge is 0.353 e. The number of nitrogens with zero attached hydrogens (tertiary/aromatic N) is 7. The molecule has 0 amide bonds. The Bertz CT molecular complexity index is 894. The van der Waals surface area contributed by atoms with E-state index < -0.39 is 0 Å². The maximum atomic E-state index is 4.78. The zero-order valence-corrected chi connectivity index (χ0v) is 15.0. The summed E-state index contributed by atoms with van der Waals surface area (Å²) in [5, 5.41) is 4.78. The molecule has 7 nitrogen and oxygen atoms in total. The van der Waals surface area contributed by atoms with Crippen LogP contribution < -0.4 is 9.80 Å². The van der Waals surface area contributed by atoms with Gasteiger partial charge in [-0.15, -0.1) is 5.10 Å². The van der Waals surface area contributed by atoms with Crippen LogP contribution in [0.1, 0.15) is 24.0 Å². The highest BCUT2D eigenvalue weighted by Crippen LogP contribution is 2.19. The van der Waals surface area contributed by atoms with Gasteiger partial charge in [-0.05, 0) is 32.4 Å². The van der Waals surface area contributed by atoms with E-state index >= 15 is 0 Å². The van der Waals surface area contributed by atoms with Gasteiger partial charge in [0.2, 0.25) is 0 Å². The van der Waals surface area contributed by atoms with E-state index in [9.17, 15) is 0 Å². The lowest BCUT2D eigenvalue weighted by Gasteiger charge is -2.36. The highest BCUT2D eigenvalue weighted by molar-refractivity contribution is 5.50. The third kappa shape index (κ3) is 2.90. The number of anilines is 2. The second-order valence-corrected chi connectivity index (χ2v) is 6.44. The molecular weight excluding hydrogens is 314 g/mol. The molecule has 0 aliphatic carbocycles. The quantitative estimate of drug-likeness (QED) is 0.729. The number of fused-ring (bicyclic) bond motifs is 1. The van der Waals surface area contributed by atoms with Crippen LogP contribution in [-0.2, 0) is 6.42 Å². The Morgan fingerprint density at radius 3 is 2.40 bits per heavy atom. The zero-order chi connectivity index (χ0) is 17.4. The highest BCUT2D eigenvalue weighted by Gasteiger charge is 2.20. The van der Waals surface area contributed by atoms with E-state index in [4.69, 9.17) is 5.10 Å². The summed E-state index contributed by atoms with van der Waals surface area (Å²) in [5.41, 5.74) is 4.13. The number of rotatable bonds is 3. The Balaban J connectivity index is 1.50. The van der Waals surface area contributed by atoms with Crippen LogP contribution in [0.5, 0.6) is 0 Å². The number of aryl methyl sites for hydroxylation is 3. The van der Waals surface area contributed by atoms with Crippen molar-refractivity contribution in [3.8, 4) is 0 Å². The molecule has 0 bridgehead atoms. The first-order valence-electron chi connectivity index (χ1n) is 8.79. The third-order valence-corrected chi connectivity index (χ3v) is 4.92. The Hall–Kier alpha value is -2.70. The van der Waals surface area contributed by atoms with Crippen molar-refractivity contribution in [2.75, 3.05) is 36.0 Å². The van der Waals surface area contributed by atoms with Gasteiger partial charge in [0.25, 0.3) is 0 Å². The molecule has 1 fully saturated rings. The number of piperazine rings is 1. The zero-order valence-electron chi connectivity index (χ0n) is 15.0. The highest BCUT2D eigenvalue weighted by atomic mass is 15.4. The monoisotopic (exact) mass is 337 g/mol. The molecule has 0 aromatic carbocycles. The molecule has 7 heteroatoms. The summed E-state index contributed by atoms with van der Waals surface area (Å²) >= 11 is 0. The predicted molar refractivity (Wildman–Crippen MR) is 98.3 cm³/mol. The first-order chi connectivity index (χ1) is 12.2. The second-order valence-electron chi connectivity index (χ2n) is 6.44. The number of imidazole rings is 1. The smallest absolute Gasteiger partial charge is 0.154 e. The Labute approximate surface area is 147 Å². The molecule has 0 saturated carbocycles. The van der Waals surface area contributed by atoms with Crippen molar-refractivity contribution in [3.63, 3.8) is 0 Å². The van der Waals surface area contributed by atoms with Crippen LogP contribution in [0.15, 0.2) is 24.5 Å². The van der Waals surface area contributed by atoms with Gasteiger partial charge in [0.1, 0.15) is 18.0 Å². The fourth-order valence-electron chi connectivity index (χ4n) is 3.23. The number of aromatic nitrogens is 5. The molecule has 0 spiro atoms. The molecule has 0 atom stereocenters. The van der Waals surface area contributed by atoms with Gasteiger partial charge in [-0.2, -0.15) is 0 Å². The van der Waals surface area contributed by atoms with Crippen LogP contribution in [0.25, 0.3) is 5.65 Å². The van der Waals surface area contributed by atoms with Crippen molar-refractivity contribution in [2.45, 2.75) is 27.2 Å². The van der Waals surface area contributed by atoms with E-state index in [2.05, 4.69) is 50.7 Å². The number of hydrogen-bond donors (Lipinski definition) is 0. The molecule has 0 radical (unpaired) electrons.